The molecule has 3 nitrogen and oxygen atoms in total. The van der Waals surface area contributed by atoms with E-state index in [-0.39, 0.29) is 5.82 Å². The maximum atomic E-state index is 14.1. The fraction of sp³-hybridized carbons (Fsp3) is 0.353. The second-order valence-electron chi connectivity index (χ2n) is 5.18. The van der Waals surface area contributed by atoms with Crippen molar-refractivity contribution in [3.63, 3.8) is 0 Å². The smallest absolute Gasteiger partial charge is 0.138 e. The number of pyridine rings is 1. The molecule has 4 heteroatoms. The molecule has 2 rings (SSSR count). The number of nitrogens with one attached hydrogen (secondary N) is 1. The molecule has 0 aliphatic rings. The van der Waals surface area contributed by atoms with Crippen LogP contribution in [0.5, 0.6) is 5.75 Å². The molecule has 0 amide bonds. The summed E-state index contributed by atoms with van der Waals surface area (Å²) in [6.45, 7) is 7.11. The molecule has 0 bridgehead atoms. The number of benzene rings is 1. The van der Waals surface area contributed by atoms with Crippen LogP contribution >= 0.6 is 0 Å². The number of halogens is 1. The number of aromatic nitrogens is 1. The van der Waals surface area contributed by atoms with Crippen LogP contribution in [0, 0.1) is 5.82 Å². The third kappa shape index (κ3) is 4.26. The van der Waals surface area contributed by atoms with Gasteiger partial charge in [0.15, 0.2) is 0 Å². The highest BCUT2D eigenvalue weighted by Crippen LogP contribution is 2.24. The van der Waals surface area contributed by atoms with E-state index in [9.17, 15) is 4.39 Å². The number of rotatable bonds is 6. The molecule has 0 spiro atoms. The molecule has 21 heavy (non-hydrogen) atoms. The van der Waals surface area contributed by atoms with Gasteiger partial charge in [-0.25, -0.2) is 4.39 Å². The van der Waals surface area contributed by atoms with Gasteiger partial charge in [-0.15, -0.1) is 0 Å². The summed E-state index contributed by atoms with van der Waals surface area (Å²) < 4.78 is 19.6. The predicted molar refractivity (Wildman–Crippen MR) is 82.8 cm³/mol. The molecule has 0 fully saturated rings. The van der Waals surface area contributed by atoms with Gasteiger partial charge in [0.05, 0.1) is 12.8 Å². The molecule has 112 valence electrons. The van der Waals surface area contributed by atoms with Gasteiger partial charge in [0.25, 0.3) is 0 Å². The highest BCUT2D eigenvalue weighted by molar-refractivity contribution is 5.64. The van der Waals surface area contributed by atoms with Gasteiger partial charge in [-0.05, 0) is 24.6 Å². The van der Waals surface area contributed by atoms with Crippen LogP contribution in [-0.2, 0) is 6.54 Å². The normalized spacial score (nSPS) is 10.9. The molecule has 0 saturated carbocycles. The highest BCUT2D eigenvalue weighted by atomic mass is 19.1. The molecule has 0 saturated heterocycles. The lowest BCUT2D eigenvalue weighted by atomic mass is 10.0. The number of hydrogen-bond acceptors (Lipinski definition) is 3. The molecule has 1 heterocycles. The fourth-order valence-corrected chi connectivity index (χ4v) is 2.01. The Bertz CT molecular complexity index is 599. The molecule has 2 aromatic rings. The van der Waals surface area contributed by atoms with E-state index in [2.05, 4.69) is 10.3 Å². The highest BCUT2D eigenvalue weighted by Gasteiger charge is 2.07. The minimum absolute atomic E-state index is 0.206. The van der Waals surface area contributed by atoms with Crippen molar-refractivity contribution in [3.8, 4) is 16.9 Å². The minimum atomic E-state index is -0.206. The molecular weight excluding hydrogens is 267 g/mol. The monoisotopic (exact) mass is 288 g/mol. The Balaban J connectivity index is 2.21. The summed E-state index contributed by atoms with van der Waals surface area (Å²) in [7, 11) is 0. The quantitative estimate of drug-likeness (QED) is 0.878. The first-order valence-corrected chi connectivity index (χ1v) is 7.20. The van der Waals surface area contributed by atoms with Crippen molar-refractivity contribution in [2.24, 2.45) is 0 Å². The van der Waals surface area contributed by atoms with E-state index >= 15 is 0 Å². The molecule has 0 aliphatic carbocycles. The van der Waals surface area contributed by atoms with Crippen molar-refractivity contribution in [1.82, 2.24) is 10.3 Å². The largest absolute Gasteiger partial charge is 0.492 e. The molecule has 0 atom stereocenters. The molecule has 1 N–H and O–H groups in total. The number of nitrogens with zero attached hydrogens (tertiary/aromatic N) is 1. The van der Waals surface area contributed by atoms with E-state index in [0.717, 1.165) is 11.1 Å². The molecule has 0 unspecified atom stereocenters. The van der Waals surface area contributed by atoms with Crippen molar-refractivity contribution in [3.05, 3.63) is 48.0 Å². The Labute approximate surface area is 125 Å². The predicted octanol–water partition coefficient (Wildman–Crippen LogP) is 3.78. The lowest BCUT2D eigenvalue weighted by Gasteiger charge is -2.10. The summed E-state index contributed by atoms with van der Waals surface area (Å²) in [6, 6.07) is 7.47. The average Bonchev–Trinajstić information content (AvgIpc) is 2.46. The van der Waals surface area contributed by atoms with Crippen LogP contribution in [0.25, 0.3) is 11.1 Å². The third-order valence-electron chi connectivity index (χ3n) is 3.11. The van der Waals surface area contributed by atoms with Gasteiger partial charge in [0.1, 0.15) is 11.6 Å². The first-order chi connectivity index (χ1) is 10.1. The summed E-state index contributed by atoms with van der Waals surface area (Å²) in [5.41, 5.74) is 2.32. The zero-order valence-corrected chi connectivity index (χ0v) is 12.7. The molecule has 1 aromatic carbocycles. The van der Waals surface area contributed by atoms with Crippen molar-refractivity contribution >= 4 is 0 Å². The zero-order chi connectivity index (χ0) is 15.2. The van der Waals surface area contributed by atoms with Crippen LogP contribution in [0.3, 0.4) is 0 Å². The summed E-state index contributed by atoms with van der Waals surface area (Å²) in [5, 5.41) is 3.22. The fourth-order valence-electron chi connectivity index (χ4n) is 2.01. The van der Waals surface area contributed by atoms with Gasteiger partial charge in [0.2, 0.25) is 0 Å². The first-order valence-electron chi connectivity index (χ1n) is 7.20. The number of hydrogen-bond donors (Lipinski definition) is 1. The zero-order valence-electron chi connectivity index (χ0n) is 12.7. The Morgan fingerprint density at radius 2 is 2.00 bits per heavy atom. The Morgan fingerprint density at radius 1 is 1.19 bits per heavy atom. The van der Waals surface area contributed by atoms with Crippen LogP contribution in [0.1, 0.15) is 26.3 Å². The second-order valence-corrected chi connectivity index (χ2v) is 5.18. The van der Waals surface area contributed by atoms with Crippen LogP contribution in [0.15, 0.2) is 36.7 Å². The van der Waals surface area contributed by atoms with Crippen molar-refractivity contribution in [2.75, 3.05) is 6.61 Å². The third-order valence-corrected chi connectivity index (χ3v) is 3.11. The Kier molecular flexibility index (Phi) is 5.28. The van der Waals surface area contributed by atoms with Gasteiger partial charge in [-0.1, -0.05) is 26.0 Å². The summed E-state index contributed by atoms with van der Waals surface area (Å²) in [4.78, 5) is 4.13. The average molecular weight is 288 g/mol. The first kappa shape index (κ1) is 15.4. The van der Waals surface area contributed by atoms with Crippen LogP contribution in [-0.4, -0.2) is 17.6 Å². The minimum Gasteiger partial charge on any atom is -0.492 e. The summed E-state index contributed by atoms with van der Waals surface area (Å²) in [5.74, 6) is 0.489. The van der Waals surface area contributed by atoms with Crippen LogP contribution < -0.4 is 10.1 Å². The van der Waals surface area contributed by atoms with Crippen LogP contribution in [0.4, 0.5) is 4.39 Å². The second kappa shape index (κ2) is 7.18. The van der Waals surface area contributed by atoms with Gasteiger partial charge in [0, 0.05) is 29.9 Å². The van der Waals surface area contributed by atoms with E-state index < -0.39 is 0 Å². The lowest BCUT2D eigenvalue weighted by molar-refractivity contribution is 0.339. The van der Waals surface area contributed by atoms with E-state index in [1.807, 2.05) is 39.0 Å². The van der Waals surface area contributed by atoms with Crippen molar-refractivity contribution in [2.45, 2.75) is 33.4 Å². The maximum Gasteiger partial charge on any atom is 0.138 e. The van der Waals surface area contributed by atoms with Gasteiger partial charge in [-0.3, -0.25) is 4.98 Å². The molecule has 1 aromatic heterocycles. The number of ether oxygens (including phenoxy) is 1. The molecule has 0 aliphatic heterocycles. The van der Waals surface area contributed by atoms with E-state index in [1.165, 1.54) is 0 Å². The Hall–Kier alpha value is -1.94. The van der Waals surface area contributed by atoms with E-state index in [4.69, 9.17) is 4.74 Å². The van der Waals surface area contributed by atoms with Crippen LogP contribution in [0.2, 0.25) is 0 Å². The Morgan fingerprint density at radius 3 is 2.67 bits per heavy atom. The van der Waals surface area contributed by atoms with Gasteiger partial charge < -0.3 is 10.1 Å². The standard InChI is InChI=1S/C17H21FN2O/c1-4-21-16-7-15(9-19-11-16)13-5-6-14(17(18)8-13)10-20-12(2)3/h5-9,11-12,20H,4,10H2,1-3H3. The summed E-state index contributed by atoms with van der Waals surface area (Å²) in [6.07, 6.45) is 3.37. The van der Waals surface area contributed by atoms with Crippen molar-refractivity contribution in [1.29, 1.82) is 0 Å². The molecule has 0 radical (unpaired) electrons. The SMILES string of the molecule is CCOc1cncc(-c2ccc(CNC(C)C)c(F)c2)c1. The van der Waals surface area contributed by atoms with Gasteiger partial charge >= 0.3 is 0 Å². The van der Waals surface area contributed by atoms with E-state index in [1.54, 1.807) is 18.5 Å². The molecular formula is C17H21FN2O. The summed E-state index contributed by atoms with van der Waals surface area (Å²) >= 11 is 0. The van der Waals surface area contributed by atoms with E-state index in [0.29, 0.717) is 30.5 Å². The maximum absolute atomic E-state index is 14.1. The topological polar surface area (TPSA) is 34.1 Å². The van der Waals surface area contributed by atoms with Gasteiger partial charge in [-0.2, -0.15) is 0 Å². The lowest BCUT2D eigenvalue weighted by Crippen LogP contribution is -2.22. The van der Waals surface area contributed by atoms with Crippen molar-refractivity contribution < 1.29 is 9.13 Å².